The Labute approximate surface area is 99.4 Å². The van der Waals surface area contributed by atoms with Gasteiger partial charge < -0.3 is 14.7 Å². The fraction of sp³-hybridized carbons (Fsp3) is 0.462. The molecule has 1 unspecified atom stereocenters. The normalized spacial score (nSPS) is 22.5. The Kier molecular flexibility index (Phi) is 1.93. The summed E-state index contributed by atoms with van der Waals surface area (Å²) in [6.07, 6.45) is 4.96. The number of aromatic amines is 1. The first-order valence-electron chi connectivity index (χ1n) is 6.28. The maximum atomic E-state index is 5.48. The Bertz CT molecular complexity index is 549. The van der Waals surface area contributed by atoms with Gasteiger partial charge in [-0.1, -0.05) is 0 Å². The van der Waals surface area contributed by atoms with Gasteiger partial charge in [-0.05, 0) is 25.5 Å². The predicted molar refractivity (Wildman–Crippen MR) is 63.9 cm³/mol. The quantitative estimate of drug-likeness (QED) is 0.784. The molecule has 1 atom stereocenters. The smallest absolute Gasteiger partial charge is 0.113 e. The largest absolute Gasteiger partial charge is 0.469 e. The Morgan fingerprint density at radius 3 is 3.24 bits per heavy atom. The highest BCUT2D eigenvalue weighted by atomic mass is 16.3. The second-order valence-electron chi connectivity index (χ2n) is 4.90. The van der Waals surface area contributed by atoms with Crippen molar-refractivity contribution in [3.05, 3.63) is 29.6 Å². The maximum Gasteiger partial charge on any atom is 0.113 e. The van der Waals surface area contributed by atoms with E-state index in [0.29, 0.717) is 5.92 Å². The lowest BCUT2D eigenvalue weighted by Gasteiger charge is -2.08. The maximum absolute atomic E-state index is 5.48. The van der Waals surface area contributed by atoms with E-state index in [4.69, 9.17) is 9.40 Å². The van der Waals surface area contributed by atoms with E-state index in [-0.39, 0.29) is 0 Å². The number of nitrogens with one attached hydrogen (secondary N) is 2. The van der Waals surface area contributed by atoms with Crippen molar-refractivity contribution in [3.8, 4) is 11.3 Å². The van der Waals surface area contributed by atoms with Crippen molar-refractivity contribution >= 4 is 0 Å². The summed E-state index contributed by atoms with van der Waals surface area (Å²) in [7, 11) is 0. The number of fused-ring (bicyclic) bond motifs is 3. The van der Waals surface area contributed by atoms with Gasteiger partial charge in [-0.25, -0.2) is 4.98 Å². The minimum atomic E-state index is 0.552. The van der Waals surface area contributed by atoms with Crippen molar-refractivity contribution < 1.29 is 4.42 Å². The molecule has 0 aromatic carbocycles. The third-order valence-electron chi connectivity index (χ3n) is 3.85. The highest BCUT2D eigenvalue weighted by Crippen LogP contribution is 2.34. The van der Waals surface area contributed by atoms with Crippen molar-refractivity contribution in [2.45, 2.75) is 25.2 Å². The highest BCUT2D eigenvalue weighted by Gasteiger charge is 2.26. The van der Waals surface area contributed by atoms with Crippen LogP contribution >= 0.6 is 0 Å². The van der Waals surface area contributed by atoms with E-state index >= 15 is 0 Å². The first-order chi connectivity index (χ1) is 8.42. The third-order valence-corrected chi connectivity index (χ3v) is 3.85. The van der Waals surface area contributed by atoms with Gasteiger partial charge in [0.25, 0.3) is 0 Å². The van der Waals surface area contributed by atoms with E-state index in [1.165, 1.54) is 17.7 Å². The van der Waals surface area contributed by atoms with Crippen LogP contribution in [0, 0.1) is 0 Å². The molecule has 2 aliphatic rings. The van der Waals surface area contributed by atoms with E-state index < -0.39 is 0 Å². The van der Waals surface area contributed by atoms with Gasteiger partial charge in [0, 0.05) is 30.1 Å². The standard InChI is InChI=1S/C13H15N3O/c1-2-11-9(4-6-17-11)12-10(1)15-13(16-12)8-3-5-14-7-8/h4,6,8,14H,1-3,5,7H2,(H,15,16). The fourth-order valence-corrected chi connectivity index (χ4v) is 2.90. The Morgan fingerprint density at radius 2 is 2.35 bits per heavy atom. The molecule has 4 rings (SSSR count). The van der Waals surface area contributed by atoms with Crippen LogP contribution in [0.5, 0.6) is 0 Å². The van der Waals surface area contributed by atoms with Gasteiger partial charge in [0.15, 0.2) is 0 Å². The van der Waals surface area contributed by atoms with Gasteiger partial charge in [0.1, 0.15) is 11.6 Å². The van der Waals surface area contributed by atoms with Crippen LogP contribution in [0.2, 0.25) is 0 Å². The van der Waals surface area contributed by atoms with Crippen molar-refractivity contribution in [2.24, 2.45) is 0 Å². The monoisotopic (exact) mass is 229 g/mol. The molecule has 4 heteroatoms. The molecule has 1 aliphatic heterocycles. The summed E-state index contributed by atoms with van der Waals surface area (Å²) < 4.78 is 5.48. The minimum Gasteiger partial charge on any atom is -0.469 e. The molecule has 0 radical (unpaired) electrons. The predicted octanol–water partition coefficient (Wildman–Crippen LogP) is 1.85. The van der Waals surface area contributed by atoms with E-state index in [2.05, 4.69) is 10.3 Å². The molecule has 0 amide bonds. The number of aryl methyl sites for hydroxylation is 2. The number of furan rings is 1. The van der Waals surface area contributed by atoms with Crippen molar-refractivity contribution in [1.82, 2.24) is 15.3 Å². The van der Waals surface area contributed by atoms with Crippen molar-refractivity contribution in [2.75, 3.05) is 13.1 Å². The molecule has 17 heavy (non-hydrogen) atoms. The Morgan fingerprint density at radius 1 is 1.35 bits per heavy atom. The molecule has 0 saturated carbocycles. The zero-order valence-electron chi connectivity index (χ0n) is 9.62. The molecule has 2 aromatic heterocycles. The second kappa shape index (κ2) is 3.47. The number of hydrogen-bond acceptors (Lipinski definition) is 3. The summed E-state index contributed by atoms with van der Waals surface area (Å²) in [5.74, 6) is 2.78. The highest BCUT2D eigenvalue weighted by molar-refractivity contribution is 5.66. The summed E-state index contributed by atoms with van der Waals surface area (Å²) in [6, 6.07) is 2.03. The fourth-order valence-electron chi connectivity index (χ4n) is 2.90. The number of rotatable bonds is 1. The van der Waals surface area contributed by atoms with Crippen molar-refractivity contribution in [1.29, 1.82) is 0 Å². The van der Waals surface area contributed by atoms with E-state index in [1.54, 1.807) is 6.26 Å². The molecular weight excluding hydrogens is 214 g/mol. The number of H-pyrrole nitrogens is 1. The topological polar surface area (TPSA) is 53.9 Å². The first kappa shape index (κ1) is 9.48. The number of imidazole rings is 1. The summed E-state index contributed by atoms with van der Waals surface area (Å²) in [6.45, 7) is 2.15. The molecule has 88 valence electrons. The number of hydrogen-bond donors (Lipinski definition) is 2. The zero-order valence-corrected chi connectivity index (χ0v) is 9.62. The summed E-state index contributed by atoms with van der Waals surface area (Å²) in [5, 5.41) is 3.39. The first-order valence-corrected chi connectivity index (χ1v) is 6.28. The lowest BCUT2D eigenvalue weighted by molar-refractivity contribution is 0.506. The van der Waals surface area contributed by atoms with E-state index in [1.807, 2.05) is 6.07 Å². The molecule has 4 nitrogen and oxygen atoms in total. The number of aromatic nitrogens is 2. The van der Waals surface area contributed by atoms with Gasteiger partial charge in [0.2, 0.25) is 0 Å². The molecule has 1 aliphatic carbocycles. The van der Waals surface area contributed by atoms with Crippen molar-refractivity contribution in [3.63, 3.8) is 0 Å². The summed E-state index contributed by atoms with van der Waals surface area (Å²) in [4.78, 5) is 8.30. The van der Waals surface area contributed by atoms with Gasteiger partial charge in [-0.2, -0.15) is 0 Å². The molecule has 1 saturated heterocycles. The van der Waals surface area contributed by atoms with Crippen LogP contribution in [-0.4, -0.2) is 23.1 Å². The van der Waals surface area contributed by atoms with Crippen LogP contribution in [0.15, 0.2) is 16.7 Å². The molecular formula is C13H15N3O. The minimum absolute atomic E-state index is 0.552. The molecule has 2 N–H and O–H groups in total. The van der Waals surface area contributed by atoms with Crippen LogP contribution in [0.1, 0.15) is 29.6 Å². The Hall–Kier alpha value is -1.55. The van der Waals surface area contributed by atoms with Gasteiger partial charge >= 0.3 is 0 Å². The van der Waals surface area contributed by atoms with Crippen LogP contribution in [0.4, 0.5) is 0 Å². The molecule has 0 bridgehead atoms. The summed E-state index contributed by atoms with van der Waals surface area (Å²) >= 11 is 0. The Balaban J connectivity index is 1.79. The zero-order chi connectivity index (χ0) is 11.2. The van der Waals surface area contributed by atoms with E-state index in [0.717, 1.165) is 43.2 Å². The van der Waals surface area contributed by atoms with Crippen LogP contribution in [-0.2, 0) is 12.8 Å². The average molecular weight is 229 g/mol. The lowest BCUT2D eigenvalue weighted by atomic mass is 10.00. The van der Waals surface area contributed by atoms with Crippen LogP contribution < -0.4 is 5.32 Å². The number of nitrogens with zero attached hydrogens (tertiary/aromatic N) is 1. The van der Waals surface area contributed by atoms with E-state index in [9.17, 15) is 0 Å². The van der Waals surface area contributed by atoms with Gasteiger partial charge in [0.05, 0.1) is 12.0 Å². The van der Waals surface area contributed by atoms with Gasteiger partial charge in [-0.15, -0.1) is 0 Å². The SMILES string of the molecule is c1cc2c(o1)CCc1[nH]c(C3CCNC3)nc1-2. The average Bonchev–Trinajstić information content (AvgIpc) is 3.08. The van der Waals surface area contributed by atoms with Crippen LogP contribution in [0.3, 0.4) is 0 Å². The molecule has 0 spiro atoms. The molecule has 3 heterocycles. The molecule has 2 aromatic rings. The summed E-state index contributed by atoms with van der Waals surface area (Å²) in [5.41, 5.74) is 3.57. The lowest BCUT2D eigenvalue weighted by Crippen LogP contribution is -2.08. The second-order valence-corrected chi connectivity index (χ2v) is 4.90. The third kappa shape index (κ3) is 1.37. The van der Waals surface area contributed by atoms with Gasteiger partial charge in [-0.3, -0.25) is 0 Å². The molecule has 1 fully saturated rings. The van der Waals surface area contributed by atoms with Crippen LogP contribution in [0.25, 0.3) is 11.3 Å².